The number of rotatable bonds is 9. The predicted molar refractivity (Wildman–Crippen MR) is 79.7 cm³/mol. The standard InChI is InChI=1S/C14H27N3O4/c1-5-21-13(19)7-9-17(4)10-12(18)16-14(20)15-8-6-11(2)3/h11H,5-10H2,1-4H3,(H2,15,16,18,20). The summed E-state index contributed by atoms with van der Waals surface area (Å²) in [5.41, 5.74) is 0. The lowest BCUT2D eigenvalue weighted by Gasteiger charge is -2.15. The zero-order valence-electron chi connectivity index (χ0n) is 13.4. The van der Waals surface area contributed by atoms with Gasteiger partial charge in [-0.15, -0.1) is 0 Å². The highest BCUT2D eigenvalue weighted by atomic mass is 16.5. The number of urea groups is 1. The molecule has 2 N–H and O–H groups in total. The van der Waals surface area contributed by atoms with Gasteiger partial charge >= 0.3 is 12.0 Å². The van der Waals surface area contributed by atoms with Gasteiger partial charge < -0.3 is 10.1 Å². The molecule has 7 heteroatoms. The Morgan fingerprint density at radius 2 is 1.90 bits per heavy atom. The van der Waals surface area contributed by atoms with Crippen LogP contribution < -0.4 is 10.6 Å². The summed E-state index contributed by atoms with van der Waals surface area (Å²) in [7, 11) is 1.70. The number of esters is 1. The van der Waals surface area contributed by atoms with Crippen molar-refractivity contribution in [1.82, 2.24) is 15.5 Å². The van der Waals surface area contributed by atoms with Crippen molar-refractivity contribution in [2.75, 3.05) is 33.3 Å². The van der Waals surface area contributed by atoms with Crippen molar-refractivity contribution >= 4 is 17.9 Å². The number of amides is 3. The molecule has 0 unspecified atom stereocenters. The van der Waals surface area contributed by atoms with Crippen molar-refractivity contribution in [2.24, 2.45) is 5.92 Å². The highest BCUT2D eigenvalue weighted by molar-refractivity contribution is 5.95. The van der Waals surface area contributed by atoms with Crippen molar-refractivity contribution in [3.63, 3.8) is 0 Å². The van der Waals surface area contributed by atoms with E-state index in [-0.39, 0.29) is 18.9 Å². The van der Waals surface area contributed by atoms with Crippen LogP contribution in [-0.4, -0.2) is 56.1 Å². The Bertz CT molecular complexity index is 345. The monoisotopic (exact) mass is 301 g/mol. The second kappa shape index (κ2) is 11.1. The van der Waals surface area contributed by atoms with Crippen molar-refractivity contribution in [3.8, 4) is 0 Å². The van der Waals surface area contributed by atoms with Crippen molar-refractivity contribution < 1.29 is 19.1 Å². The number of imide groups is 1. The number of nitrogens with one attached hydrogen (secondary N) is 2. The molecule has 0 saturated heterocycles. The fourth-order valence-electron chi connectivity index (χ4n) is 1.52. The number of hydrogen-bond acceptors (Lipinski definition) is 5. The Morgan fingerprint density at radius 3 is 2.48 bits per heavy atom. The topological polar surface area (TPSA) is 87.7 Å². The fourth-order valence-corrected chi connectivity index (χ4v) is 1.52. The third-order valence-electron chi connectivity index (χ3n) is 2.68. The maximum atomic E-state index is 11.6. The Kier molecular flexibility index (Phi) is 10.2. The van der Waals surface area contributed by atoms with Crippen LogP contribution in [0.2, 0.25) is 0 Å². The summed E-state index contributed by atoms with van der Waals surface area (Å²) in [6.45, 7) is 7.20. The lowest BCUT2D eigenvalue weighted by Crippen LogP contribution is -2.44. The van der Waals surface area contributed by atoms with Gasteiger partial charge in [-0.05, 0) is 26.3 Å². The van der Waals surface area contributed by atoms with Crippen LogP contribution in [0.3, 0.4) is 0 Å². The van der Waals surface area contributed by atoms with Crippen LogP contribution in [-0.2, 0) is 14.3 Å². The van der Waals surface area contributed by atoms with Gasteiger partial charge in [-0.3, -0.25) is 19.8 Å². The quantitative estimate of drug-likeness (QED) is 0.613. The van der Waals surface area contributed by atoms with Gasteiger partial charge in [0.15, 0.2) is 0 Å². The van der Waals surface area contributed by atoms with E-state index in [1.165, 1.54) is 0 Å². The Hall–Kier alpha value is -1.63. The first-order chi connectivity index (χ1) is 9.85. The van der Waals surface area contributed by atoms with Crippen molar-refractivity contribution in [3.05, 3.63) is 0 Å². The molecule has 21 heavy (non-hydrogen) atoms. The number of ether oxygens (including phenoxy) is 1. The van der Waals surface area contributed by atoms with Crippen molar-refractivity contribution in [2.45, 2.75) is 33.6 Å². The van der Waals surface area contributed by atoms with Crippen LogP contribution in [0.15, 0.2) is 0 Å². The average molecular weight is 301 g/mol. The molecule has 0 radical (unpaired) electrons. The van der Waals surface area contributed by atoms with Crippen LogP contribution in [0.1, 0.15) is 33.6 Å². The zero-order chi connectivity index (χ0) is 16.3. The number of likely N-dealkylation sites (N-methyl/N-ethyl adjacent to an activating group) is 1. The number of hydrogen-bond donors (Lipinski definition) is 2. The molecule has 0 aliphatic heterocycles. The highest BCUT2D eigenvalue weighted by Gasteiger charge is 2.11. The molecule has 0 aliphatic rings. The van der Waals surface area contributed by atoms with E-state index in [1.807, 2.05) is 0 Å². The third-order valence-corrected chi connectivity index (χ3v) is 2.68. The minimum atomic E-state index is -0.487. The van der Waals surface area contributed by atoms with E-state index >= 15 is 0 Å². The second-order valence-electron chi connectivity index (χ2n) is 5.28. The maximum absolute atomic E-state index is 11.6. The van der Waals surface area contributed by atoms with Crippen molar-refractivity contribution in [1.29, 1.82) is 0 Å². The smallest absolute Gasteiger partial charge is 0.321 e. The van der Waals surface area contributed by atoms with E-state index in [9.17, 15) is 14.4 Å². The van der Waals surface area contributed by atoms with Crippen LogP contribution in [0.4, 0.5) is 4.79 Å². The van der Waals surface area contributed by atoms with E-state index < -0.39 is 11.9 Å². The summed E-state index contributed by atoms with van der Waals surface area (Å²) in [6, 6.07) is -0.487. The molecule has 0 aliphatic carbocycles. The molecule has 0 aromatic rings. The summed E-state index contributed by atoms with van der Waals surface area (Å²) < 4.78 is 4.80. The van der Waals surface area contributed by atoms with E-state index in [2.05, 4.69) is 24.5 Å². The van der Waals surface area contributed by atoms with Gasteiger partial charge in [0.1, 0.15) is 0 Å². The third kappa shape index (κ3) is 11.9. The Morgan fingerprint density at radius 1 is 1.24 bits per heavy atom. The van der Waals surface area contributed by atoms with Gasteiger partial charge in [0.2, 0.25) is 5.91 Å². The zero-order valence-corrected chi connectivity index (χ0v) is 13.4. The number of carbonyl (C=O) groups is 3. The van der Waals surface area contributed by atoms with Gasteiger partial charge in [0.05, 0.1) is 19.6 Å². The molecule has 0 aromatic heterocycles. The summed E-state index contributed by atoms with van der Waals surface area (Å²) in [5, 5.41) is 4.87. The Labute approximate surface area is 126 Å². The number of carbonyl (C=O) groups excluding carboxylic acids is 3. The molecular weight excluding hydrogens is 274 g/mol. The normalized spacial score (nSPS) is 10.6. The molecule has 0 heterocycles. The molecule has 3 amide bonds. The Balaban J connectivity index is 3.81. The summed E-state index contributed by atoms with van der Waals surface area (Å²) >= 11 is 0. The second-order valence-corrected chi connectivity index (χ2v) is 5.28. The van der Waals surface area contributed by atoms with Gasteiger partial charge in [0, 0.05) is 13.1 Å². The molecule has 122 valence electrons. The molecular formula is C14H27N3O4. The maximum Gasteiger partial charge on any atom is 0.321 e. The molecule has 7 nitrogen and oxygen atoms in total. The van der Waals surface area contributed by atoms with Gasteiger partial charge in [-0.25, -0.2) is 4.79 Å². The van der Waals surface area contributed by atoms with Crippen LogP contribution >= 0.6 is 0 Å². The molecule has 0 bridgehead atoms. The minimum absolute atomic E-state index is 0.0526. The average Bonchev–Trinajstić information content (AvgIpc) is 2.36. The SMILES string of the molecule is CCOC(=O)CCN(C)CC(=O)NC(=O)NCCC(C)C. The largest absolute Gasteiger partial charge is 0.466 e. The van der Waals surface area contributed by atoms with E-state index in [4.69, 9.17) is 4.74 Å². The predicted octanol–water partition coefficient (Wildman–Crippen LogP) is 0.743. The van der Waals surface area contributed by atoms with Gasteiger partial charge in [0.25, 0.3) is 0 Å². The van der Waals surface area contributed by atoms with Crippen LogP contribution in [0, 0.1) is 5.92 Å². The van der Waals surface area contributed by atoms with E-state index in [1.54, 1.807) is 18.9 Å². The molecule has 0 aromatic carbocycles. The van der Waals surface area contributed by atoms with Gasteiger partial charge in [-0.2, -0.15) is 0 Å². The van der Waals surface area contributed by atoms with E-state index in [0.717, 1.165) is 6.42 Å². The first-order valence-corrected chi connectivity index (χ1v) is 7.27. The molecule has 0 saturated carbocycles. The van der Waals surface area contributed by atoms with Gasteiger partial charge in [-0.1, -0.05) is 13.8 Å². The first kappa shape index (κ1) is 19.4. The molecule has 0 atom stereocenters. The molecule has 0 rings (SSSR count). The summed E-state index contributed by atoms with van der Waals surface area (Å²) in [6.07, 6.45) is 1.08. The summed E-state index contributed by atoms with van der Waals surface area (Å²) in [5.74, 6) is -0.199. The van der Waals surface area contributed by atoms with Crippen LogP contribution in [0.25, 0.3) is 0 Å². The van der Waals surface area contributed by atoms with E-state index in [0.29, 0.717) is 25.6 Å². The summed E-state index contributed by atoms with van der Waals surface area (Å²) in [4.78, 5) is 35.9. The first-order valence-electron chi connectivity index (χ1n) is 7.27. The molecule has 0 fully saturated rings. The van der Waals surface area contributed by atoms with Crippen LogP contribution in [0.5, 0.6) is 0 Å². The molecule has 0 spiro atoms. The lowest BCUT2D eigenvalue weighted by molar-refractivity contribution is -0.143. The lowest BCUT2D eigenvalue weighted by atomic mass is 10.1. The highest BCUT2D eigenvalue weighted by Crippen LogP contribution is 1.96. The minimum Gasteiger partial charge on any atom is -0.466 e. The number of nitrogens with zero attached hydrogens (tertiary/aromatic N) is 1. The fraction of sp³-hybridized carbons (Fsp3) is 0.786.